The molecule has 2 heterocycles. The highest BCUT2D eigenvalue weighted by Crippen LogP contribution is 2.32. The Morgan fingerprint density at radius 3 is 2.47 bits per heavy atom. The van der Waals surface area contributed by atoms with Gasteiger partial charge >= 0.3 is 0 Å². The molecule has 5 heteroatoms. The van der Waals surface area contributed by atoms with Crippen molar-refractivity contribution in [2.45, 2.75) is 19.5 Å². The van der Waals surface area contributed by atoms with Crippen LogP contribution in [0, 0.1) is 0 Å². The van der Waals surface area contributed by atoms with Crippen molar-refractivity contribution in [3.63, 3.8) is 0 Å². The molecule has 32 heavy (non-hydrogen) atoms. The second kappa shape index (κ2) is 8.71. The van der Waals surface area contributed by atoms with Gasteiger partial charge in [0, 0.05) is 38.3 Å². The number of carbonyl (C=O) groups excluding carboxylic acids is 1. The predicted molar refractivity (Wildman–Crippen MR) is 124 cm³/mol. The Morgan fingerprint density at radius 1 is 0.906 bits per heavy atom. The van der Waals surface area contributed by atoms with Gasteiger partial charge in [-0.2, -0.15) is 5.10 Å². The third-order valence-electron chi connectivity index (χ3n) is 5.83. The second-order valence-corrected chi connectivity index (χ2v) is 8.14. The lowest BCUT2D eigenvalue weighted by Crippen LogP contribution is -2.23. The average Bonchev–Trinajstić information content (AvgIpc) is 3.39. The van der Waals surface area contributed by atoms with E-state index in [9.17, 15) is 4.79 Å². The van der Waals surface area contributed by atoms with Crippen LogP contribution in [0.3, 0.4) is 0 Å². The van der Waals surface area contributed by atoms with Crippen molar-refractivity contribution in [2.75, 3.05) is 6.61 Å². The van der Waals surface area contributed by atoms with Crippen LogP contribution >= 0.6 is 0 Å². The Balaban J connectivity index is 1.25. The molecule has 1 aliphatic heterocycles. The van der Waals surface area contributed by atoms with Crippen molar-refractivity contribution in [3.05, 3.63) is 107 Å². The molecule has 160 valence electrons. The van der Waals surface area contributed by atoms with Gasteiger partial charge in [-0.15, -0.1) is 0 Å². The van der Waals surface area contributed by atoms with E-state index in [4.69, 9.17) is 4.74 Å². The van der Waals surface area contributed by atoms with Gasteiger partial charge in [0.2, 0.25) is 0 Å². The summed E-state index contributed by atoms with van der Waals surface area (Å²) in [5, 5.41) is 4.23. The van der Waals surface area contributed by atoms with Crippen LogP contribution in [0.1, 0.15) is 27.0 Å². The van der Waals surface area contributed by atoms with Gasteiger partial charge in [-0.1, -0.05) is 66.7 Å². The van der Waals surface area contributed by atoms with Gasteiger partial charge in [-0.05, 0) is 28.3 Å². The van der Waals surface area contributed by atoms with Gasteiger partial charge in [0.05, 0.1) is 18.4 Å². The van der Waals surface area contributed by atoms with Gasteiger partial charge in [0.15, 0.2) is 0 Å². The Kier molecular flexibility index (Phi) is 5.46. The smallest absolute Gasteiger partial charge is 0.258 e. The fraction of sp³-hybridized carbons (Fsp3) is 0.185. The number of fused-ring (bicyclic) bond motifs is 1. The molecule has 0 spiro atoms. The van der Waals surface area contributed by atoms with Crippen LogP contribution in [-0.4, -0.2) is 27.2 Å². The van der Waals surface area contributed by atoms with Crippen LogP contribution in [-0.2, 0) is 26.6 Å². The quantitative estimate of drug-likeness (QED) is 0.426. The van der Waals surface area contributed by atoms with E-state index in [2.05, 4.69) is 41.5 Å². The summed E-state index contributed by atoms with van der Waals surface area (Å²) in [6.45, 7) is 1.72. The average molecular weight is 424 g/mol. The molecule has 0 saturated heterocycles. The van der Waals surface area contributed by atoms with E-state index in [1.165, 1.54) is 5.56 Å². The molecular formula is C27H25N3O2. The van der Waals surface area contributed by atoms with Crippen LogP contribution in [0.4, 0.5) is 0 Å². The third kappa shape index (κ3) is 4.14. The SMILES string of the molecule is Cn1cc(-c2ccc(CN3Cc4cccc(OCCc5ccccc5)c4C3=O)cc2)cn1. The van der Waals surface area contributed by atoms with Crippen LogP contribution in [0.5, 0.6) is 5.75 Å². The van der Waals surface area contributed by atoms with E-state index in [1.807, 2.05) is 60.7 Å². The van der Waals surface area contributed by atoms with Crippen molar-refractivity contribution < 1.29 is 9.53 Å². The highest BCUT2D eigenvalue weighted by molar-refractivity contribution is 6.01. The van der Waals surface area contributed by atoms with E-state index in [0.29, 0.717) is 31.0 Å². The normalized spacial score (nSPS) is 12.8. The third-order valence-corrected chi connectivity index (χ3v) is 5.83. The highest BCUT2D eigenvalue weighted by atomic mass is 16.5. The van der Waals surface area contributed by atoms with Crippen molar-refractivity contribution >= 4 is 5.91 Å². The molecule has 0 bridgehead atoms. The van der Waals surface area contributed by atoms with E-state index in [0.717, 1.165) is 28.7 Å². The molecule has 0 aliphatic carbocycles. The Labute approximate surface area is 187 Å². The van der Waals surface area contributed by atoms with Crippen LogP contribution in [0.15, 0.2) is 85.2 Å². The molecule has 1 aromatic heterocycles. The number of hydrogen-bond donors (Lipinski definition) is 0. The molecule has 0 fully saturated rings. The molecule has 3 aromatic carbocycles. The zero-order chi connectivity index (χ0) is 21.9. The van der Waals surface area contributed by atoms with Crippen molar-refractivity contribution in [1.29, 1.82) is 0 Å². The fourth-order valence-corrected chi connectivity index (χ4v) is 4.15. The molecule has 5 rings (SSSR count). The summed E-state index contributed by atoms with van der Waals surface area (Å²) in [7, 11) is 1.91. The fourth-order valence-electron chi connectivity index (χ4n) is 4.15. The number of benzene rings is 3. The van der Waals surface area contributed by atoms with Gasteiger partial charge in [0.1, 0.15) is 5.75 Å². The van der Waals surface area contributed by atoms with Crippen LogP contribution < -0.4 is 4.74 Å². The zero-order valence-electron chi connectivity index (χ0n) is 18.1. The molecule has 0 saturated carbocycles. The first-order valence-electron chi connectivity index (χ1n) is 10.8. The number of nitrogens with zero attached hydrogens (tertiary/aromatic N) is 3. The minimum atomic E-state index is 0.0339. The maximum absolute atomic E-state index is 13.2. The molecule has 0 N–H and O–H groups in total. The largest absolute Gasteiger partial charge is 0.492 e. The summed E-state index contributed by atoms with van der Waals surface area (Å²) in [5.74, 6) is 0.713. The molecule has 4 aromatic rings. The zero-order valence-corrected chi connectivity index (χ0v) is 18.1. The van der Waals surface area contributed by atoms with E-state index < -0.39 is 0 Å². The number of amides is 1. The van der Waals surface area contributed by atoms with E-state index in [-0.39, 0.29) is 5.91 Å². The van der Waals surface area contributed by atoms with Crippen molar-refractivity contribution in [1.82, 2.24) is 14.7 Å². The van der Waals surface area contributed by atoms with Crippen LogP contribution in [0.25, 0.3) is 11.1 Å². The molecule has 1 aliphatic rings. The lowest BCUT2D eigenvalue weighted by atomic mass is 10.1. The molecule has 0 radical (unpaired) electrons. The number of ether oxygens (including phenoxy) is 1. The molecule has 0 unspecified atom stereocenters. The monoisotopic (exact) mass is 423 g/mol. The Morgan fingerprint density at radius 2 is 1.72 bits per heavy atom. The highest BCUT2D eigenvalue weighted by Gasteiger charge is 2.30. The molecule has 1 amide bonds. The first kappa shape index (κ1) is 20.1. The standard InChI is InChI=1S/C27H25N3O2/c1-29-18-24(16-28-29)22-12-10-21(11-13-22)17-30-19-23-8-5-9-25(26(23)27(30)31)32-15-14-20-6-3-2-4-7-20/h2-13,16,18H,14-15,17,19H2,1H3. The van der Waals surface area contributed by atoms with E-state index in [1.54, 1.807) is 4.68 Å². The Hall–Kier alpha value is -3.86. The minimum absolute atomic E-state index is 0.0339. The Bertz CT molecular complexity index is 1230. The molecule has 5 nitrogen and oxygen atoms in total. The lowest BCUT2D eigenvalue weighted by molar-refractivity contribution is 0.0763. The van der Waals surface area contributed by atoms with Crippen LogP contribution in [0.2, 0.25) is 0 Å². The number of aryl methyl sites for hydroxylation is 1. The predicted octanol–water partition coefficient (Wildman–Crippen LogP) is 4.86. The number of rotatable bonds is 7. The van der Waals surface area contributed by atoms with Gasteiger partial charge in [-0.3, -0.25) is 9.48 Å². The second-order valence-electron chi connectivity index (χ2n) is 8.14. The molecular weight excluding hydrogens is 398 g/mol. The van der Waals surface area contributed by atoms with Crippen molar-refractivity contribution in [3.8, 4) is 16.9 Å². The minimum Gasteiger partial charge on any atom is -0.492 e. The maximum Gasteiger partial charge on any atom is 0.258 e. The summed E-state index contributed by atoms with van der Waals surface area (Å²) in [4.78, 5) is 15.1. The summed E-state index contributed by atoms with van der Waals surface area (Å²) >= 11 is 0. The summed E-state index contributed by atoms with van der Waals surface area (Å²) < 4.78 is 7.83. The number of hydrogen-bond acceptors (Lipinski definition) is 3. The number of aromatic nitrogens is 2. The number of carbonyl (C=O) groups is 1. The summed E-state index contributed by atoms with van der Waals surface area (Å²) in [6.07, 6.45) is 4.66. The first-order valence-corrected chi connectivity index (χ1v) is 10.8. The summed E-state index contributed by atoms with van der Waals surface area (Å²) in [6, 6.07) is 24.4. The van der Waals surface area contributed by atoms with Gasteiger partial charge in [0.25, 0.3) is 5.91 Å². The van der Waals surface area contributed by atoms with Crippen molar-refractivity contribution in [2.24, 2.45) is 7.05 Å². The van der Waals surface area contributed by atoms with E-state index >= 15 is 0 Å². The topological polar surface area (TPSA) is 47.4 Å². The summed E-state index contributed by atoms with van der Waals surface area (Å²) in [5.41, 5.74) is 6.26. The molecule has 0 atom stereocenters. The van der Waals surface area contributed by atoms with Gasteiger partial charge in [-0.25, -0.2) is 0 Å². The first-order chi connectivity index (χ1) is 15.7. The lowest BCUT2D eigenvalue weighted by Gasteiger charge is -2.16. The maximum atomic E-state index is 13.2. The van der Waals surface area contributed by atoms with Gasteiger partial charge < -0.3 is 9.64 Å².